The Morgan fingerprint density at radius 1 is 1.30 bits per heavy atom. The van der Waals surface area contributed by atoms with Crippen molar-refractivity contribution in [2.75, 3.05) is 11.5 Å². The molecule has 0 fully saturated rings. The van der Waals surface area contributed by atoms with Crippen LogP contribution in [-0.4, -0.2) is 16.6 Å². The summed E-state index contributed by atoms with van der Waals surface area (Å²) in [4.78, 5) is 16.8. The van der Waals surface area contributed by atoms with Gasteiger partial charge in [0.2, 0.25) is 5.91 Å². The van der Waals surface area contributed by atoms with E-state index >= 15 is 0 Å². The van der Waals surface area contributed by atoms with Crippen LogP contribution in [0, 0.1) is 0 Å². The minimum absolute atomic E-state index is 0.00294. The Kier molecular flexibility index (Phi) is 5.01. The lowest BCUT2D eigenvalue weighted by atomic mass is 10.1. The smallest absolute Gasteiger partial charge is 0.230 e. The van der Waals surface area contributed by atoms with Gasteiger partial charge >= 0.3 is 0 Å². The summed E-state index contributed by atoms with van der Waals surface area (Å²) in [5.74, 6) is 0.850. The topological polar surface area (TPSA) is 68.0 Å². The number of carbonyl (C=O) groups excluding carboxylic acids is 1. The van der Waals surface area contributed by atoms with E-state index in [1.54, 1.807) is 12.3 Å². The summed E-state index contributed by atoms with van der Waals surface area (Å²) in [7, 11) is 0. The molecule has 3 N–H and O–H groups in total. The van der Waals surface area contributed by atoms with E-state index in [0.717, 1.165) is 10.5 Å². The second-order valence-corrected chi connectivity index (χ2v) is 5.46. The van der Waals surface area contributed by atoms with E-state index in [1.807, 2.05) is 43.3 Å². The van der Waals surface area contributed by atoms with Gasteiger partial charge in [-0.3, -0.25) is 4.79 Å². The Balaban J connectivity index is 1.82. The van der Waals surface area contributed by atoms with Gasteiger partial charge in [0.25, 0.3) is 0 Å². The third-order valence-corrected chi connectivity index (χ3v) is 3.79. The van der Waals surface area contributed by atoms with Crippen molar-refractivity contribution < 1.29 is 4.79 Å². The number of nitrogens with zero attached hydrogens (tertiary/aromatic N) is 1. The van der Waals surface area contributed by atoms with Crippen LogP contribution in [-0.2, 0) is 4.79 Å². The van der Waals surface area contributed by atoms with E-state index in [0.29, 0.717) is 11.6 Å². The quantitative estimate of drug-likeness (QED) is 0.830. The van der Waals surface area contributed by atoms with Crippen LogP contribution in [0.5, 0.6) is 0 Å². The summed E-state index contributed by atoms with van der Waals surface area (Å²) in [5.41, 5.74) is 6.61. The Hall–Kier alpha value is -2.01. The number of nitrogens with two attached hydrogens (primary N) is 1. The fraction of sp³-hybridized carbons (Fsp3) is 0.200. The zero-order chi connectivity index (χ0) is 14.4. The van der Waals surface area contributed by atoms with Crippen LogP contribution in [0.15, 0.2) is 53.6 Å². The molecule has 1 amide bonds. The Bertz CT molecular complexity index is 557. The maximum Gasteiger partial charge on any atom is 0.230 e. The highest BCUT2D eigenvalue weighted by Gasteiger charge is 2.09. The van der Waals surface area contributed by atoms with E-state index in [9.17, 15) is 4.79 Å². The second-order valence-electron chi connectivity index (χ2n) is 4.41. The number of hydrogen-bond acceptors (Lipinski definition) is 4. The van der Waals surface area contributed by atoms with Crippen LogP contribution in [0.2, 0.25) is 0 Å². The largest absolute Gasteiger partial charge is 0.384 e. The van der Waals surface area contributed by atoms with Gasteiger partial charge in [0.1, 0.15) is 5.82 Å². The second kappa shape index (κ2) is 6.96. The van der Waals surface area contributed by atoms with E-state index in [-0.39, 0.29) is 11.9 Å². The molecule has 1 aromatic heterocycles. The van der Waals surface area contributed by atoms with Crippen molar-refractivity contribution >= 4 is 23.5 Å². The number of anilines is 1. The van der Waals surface area contributed by atoms with Gasteiger partial charge in [0, 0.05) is 11.1 Å². The average Bonchev–Trinajstić information content (AvgIpc) is 2.47. The van der Waals surface area contributed by atoms with Crippen LogP contribution < -0.4 is 11.1 Å². The number of nitrogens with one attached hydrogen (secondary N) is 1. The summed E-state index contributed by atoms with van der Waals surface area (Å²) in [6, 6.07) is 13.5. The van der Waals surface area contributed by atoms with Crippen molar-refractivity contribution in [2.24, 2.45) is 0 Å². The molecule has 2 aromatic rings. The van der Waals surface area contributed by atoms with E-state index in [4.69, 9.17) is 5.73 Å². The number of benzene rings is 1. The molecule has 0 bridgehead atoms. The van der Waals surface area contributed by atoms with E-state index in [1.165, 1.54) is 11.8 Å². The van der Waals surface area contributed by atoms with E-state index < -0.39 is 0 Å². The zero-order valence-corrected chi connectivity index (χ0v) is 12.1. The molecule has 0 aliphatic carbocycles. The molecule has 2 rings (SSSR count). The molecule has 1 heterocycles. The number of carbonyl (C=O) groups is 1. The molecule has 104 valence electrons. The molecular weight excluding hydrogens is 270 g/mol. The number of hydrogen-bond donors (Lipinski definition) is 2. The number of rotatable bonds is 5. The summed E-state index contributed by atoms with van der Waals surface area (Å²) < 4.78 is 0. The summed E-state index contributed by atoms with van der Waals surface area (Å²) in [6.45, 7) is 1.97. The lowest BCUT2D eigenvalue weighted by Gasteiger charge is -2.14. The first-order chi connectivity index (χ1) is 9.65. The van der Waals surface area contributed by atoms with Gasteiger partial charge in [-0.15, -0.1) is 11.8 Å². The number of thioether (sulfide) groups is 1. The van der Waals surface area contributed by atoms with Crippen molar-refractivity contribution in [3.63, 3.8) is 0 Å². The first kappa shape index (κ1) is 14.4. The fourth-order valence-electron chi connectivity index (χ4n) is 1.73. The number of nitrogen functional groups attached to an aromatic ring is 1. The van der Waals surface area contributed by atoms with Crippen molar-refractivity contribution in [1.29, 1.82) is 0 Å². The van der Waals surface area contributed by atoms with Gasteiger partial charge in [-0.2, -0.15) is 0 Å². The molecule has 0 spiro atoms. The van der Waals surface area contributed by atoms with Crippen LogP contribution in [0.4, 0.5) is 5.82 Å². The standard InChI is InChI=1S/C15H17N3OS/c1-11(12-5-3-2-4-6-12)18-15(19)10-20-13-7-8-14(16)17-9-13/h2-9,11H,10H2,1H3,(H2,16,17)(H,18,19). The minimum Gasteiger partial charge on any atom is -0.384 e. The molecule has 0 saturated carbocycles. The predicted molar refractivity (Wildman–Crippen MR) is 82.4 cm³/mol. The Morgan fingerprint density at radius 2 is 2.05 bits per heavy atom. The van der Waals surface area contributed by atoms with Gasteiger partial charge in [0.15, 0.2) is 0 Å². The average molecular weight is 287 g/mol. The Labute approximate surface area is 122 Å². The first-order valence-electron chi connectivity index (χ1n) is 6.34. The maximum absolute atomic E-state index is 11.9. The summed E-state index contributed by atoms with van der Waals surface area (Å²) >= 11 is 1.44. The van der Waals surface area contributed by atoms with E-state index in [2.05, 4.69) is 10.3 Å². The summed E-state index contributed by atoms with van der Waals surface area (Å²) in [6.07, 6.45) is 1.67. The monoisotopic (exact) mass is 287 g/mol. The highest BCUT2D eigenvalue weighted by atomic mass is 32.2. The fourth-order valence-corrected chi connectivity index (χ4v) is 2.41. The van der Waals surface area contributed by atoms with Crippen molar-refractivity contribution in [3.8, 4) is 0 Å². The first-order valence-corrected chi connectivity index (χ1v) is 7.32. The Morgan fingerprint density at radius 3 is 2.70 bits per heavy atom. The minimum atomic E-state index is 0.00294. The highest BCUT2D eigenvalue weighted by Crippen LogP contribution is 2.18. The molecule has 1 unspecified atom stereocenters. The van der Waals surface area contributed by atoms with Gasteiger partial charge in [-0.1, -0.05) is 30.3 Å². The molecule has 0 aliphatic rings. The maximum atomic E-state index is 11.9. The number of aromatic nitrogens is 1. The molecular formula is C15H17N3OS. The third kappa shape index (κ3) is 4.28. The molecule has 20 heavy (non-hydrogen) atoms. The lowest BCUT2D eigenvalue weighted by Crippen LogP contribution is -2.28. The molecule has 0 radical (unpaired) electrons. The highest BCUT2D eigenvalue weighted by molar-refractivity contribution is 8.00. The number of amides is 1. The predicted octanol–water partition coefficient (Wildman–Crippen LogP) is 2.63. The molecule has 0 aliphatic heterocycles. The zero-order valence-electron chi connectivity index (χ0n) is 11.2. The van der Waals surface area contributed by atoms with Gasteiger partial charge in [-0.25, -0.2) is 4.98 Å². The van der Waals surface area contributed by atoms with Crippen molar-refractivity contribution in [3.05, 3.63) is 54.2 Å². The van der Waals surface area contributed by atoms with Crippen LogP contribution in [0.25, 0.3) is 0 Å². The summed E-state index contributed by atoms with van der Waals surface area (Å²) in [5, 5.41) is 2.97. The van der Waals surface area contributed by atoms with Gasteiger partial charge in [0.05, 0.1) is 11.8 Å². The molecule has 1 atom stereocenters. The van der Waals surface area contributed by atoms with Crippen LogP contribution >= 0.6 is 11.8 Å². The van der Waals surface area contributed by atoms with Crippen LogP contribution in [0.3, 0.4) is 0 Å². The van der Waals surface area contributed by atoms with Crippen LogP contribution in [0.1, 0.15) is 18.5 Å². The molecule has 0 saturated heterocycles. The normalized spacial score (nSPS) is 11.8. The lowest BCUT2D eigenvalue weighted by molar-refractivity contribution is -0.119. The van der Waals surface area contributed by atoms with Gasteiger partial charge < -0.3 is 11.1 Å². The SMILES string of the molecule is CC(NC(=O)CSc1ccc(N)nc1)c1ccccc1. The third-order valence-electron chi connectivity index (χ3n) is 2.81. The molecule has 4 nitrogen and oxygen atoms in total. The van der Waals surface area contributed by atoms with Crippen molar-refractivity contribution in [2.45, 2.75) is 17.9 Å². The van der Waals surface area contributed by atoms with Gasteiger partial charge in [-0.05, 0) is 24.6 Å². The number of pyridine rings is 1. The van der Waals surface area contributed by atoms with Crippen molar-refractivity contribution in [1.82, 2.24) is 10.3 Å². The molecule has 1 aromatic carbocycles. The molecule has 5 heteroatoms.